The van der Waals surface area contributed by atoms with Crippen LogP contribution in [0.15, 0.2) is 54.6 Å². The van der Waals surface area contributed by atoms with Crippen molar-refractivity contribution in [1.29, 1.82) is 0 Å². The van der Waals surface area contributed by atoms with E-state index in [1.165, 1.54) is 0 Å². The molecule has 0 bridgehead atoms. The number of carbonyl (C=O) groups excluding carboxylic acids is 1. The molecule has 0 spiro atoms. The quantitative estimate of drug-likeness (QED) is 0.501. The molecule has 0 aliphatic heterocycles. The van der Waals surface area contributed by atoms with Crippen molar-refractivity contribution in [2.24, 2.45) is 5.73 Å². The van der Waals surface area contributed by atoms with Gasteiger partial charge in [0.1, 0.15) is 5.82 Å². The topological polar surface area (TPSA) is 48.0 Å². The Morgan fingerprint density at radius 3 is 2.46 bits per heavy atom. The molecular formula is C21H13F4N2O. The van der Waals surface area contributed by atoms with Crippen molar-refractivity contribution in [3.8, 4) is 0 Å². The molecule has 141 valence electrons. The summed E-state index contributed by atoms with van der Waals surface area (Å²) in [6, 6.07) is 15.7. The van der Waals surface area contributed by atoms with Gasteiger partial charge in [0.2, 0.25) is 5.91 Å². The molecule has 1 aromatic heterocycles. The molecule has 2 N–H and O–H groups in total. The maximum atomic E-state index is 14.4. The second kappa shape index (κ2) is 6.37. The Morgan fingerprint density at radius 2 is 1.75 bits per heavy atom. The summed E-state index contributed by atoms with van der Waals surface area (Å²) in [5, 5.41) is 1.02. The SMILES string of the molecule is NC(=O)c1cccc2c1c1[c]cccc1n2Cc1c(F)cccc1C(F)(F)F. The van der Waals surface area contributed by atoms with E-state index in [1.807, 2.05) is 0 Å². The Balaban J connectivity index is 2.04. The van der Waals surface area contributed by atoms with Crippen LogP contribution in [-0.2, 0) is 12.7 Å². The molecule has 0 unspecified atom stereocenters. The summed E-state index contributed by atoms with van der Waals surface area (Å²) in [6.07, 6.45) is -4.69. The predicted octanol–water partition coefficient (Wildman–Crippen LogP) is 4.90. The Hall–Kier alpha value is -3.35. The Kier molecular flexibility index (Phi) is 4.10. The molecule has 0 fully saturated rings. The van der Waals surface area contributed by atoms with Crippen LogP contribution in [0.4, 0.5) is 17.6 Å². The van der Waals surface area contributed by atoms with E-state index in [9.17, 15) is 22.4 Å². The number of amides is 1. The van der Waals surface area contributed by atoms with Crippen LogP contribution in [-0.4, -0.2) is 10.5 Å². The van der Waals surface area contributed by atoms with E-state index in [2.05, 4.69) is 6.07 Å². The third-order valence-electron chi connectivity index (χ3n) is 4.71. The molecule has 4 rings (SSSR count). The molecule has 1 radical (unpaired) electrons. The first-order chi connectivity index (χ1) is 13.3. The minimum absolute atomic E-state index is 0.230. The van der Waals surface area contributed by atoms with Crippen molar-refractivity contribution in [3.63, 3.8) is 0 Å². The number of alkyl halides is 3. The molecule has 0 aliphatic carbocycles. The van der Waals surface area contributed by atoms with Gasteiger partial charge in [-0.2, -0.15) is 13.2 Å². The zero-order valence-electron chi connectivity index (χ0n) is 14.3. The van der Waals surface area contributed by atoms with Crippen molar-refractivity contribution in [2.45, 2.75) is 12.7 Å². The van der Waals surface area contributed by atoms with Gasteiger partial charge in [-0.25, -0.2) is 4.39 Å². The highest BCUT2D eigenvalue weighted by atomic mass is 19.4. The van der Waals surface area contributed by atoms with Gasteiger partial charge < -0.3 is 10.3 Å². The summed E-state index contributed by atoms with van der Waals surface area (Å²) in [5.41, 5.74) is 5.20. The summed E-state index contributed by atoms with van der Waals surface area (Å²) in [5.74, 6) is -1.61. The molecule has 0 aliphatic rings. The van der Waals surface area contributed by atoms with Crippen molar-refractivity contribution in [1.82, 2.24) is 4.57 Å². The zero-order valence-corrected chi connectivity index (χ0v) is 14.3. The van der Waals surface area contributed by atoms with Crippen molar-refractivity contribution in [3.05, 3.63) is 83.2 Å². The maximum absolute atomic E-state index is 14.4. The summed E-state index contributed by atoms with van der Waals surface area (Å²) >= 11 is 0. The van der Waals surface area contributed by atoms with E-state index < -0.39 is 29.0 Å². The number of rotatable bonds is 3. The number of benzene rings is 3. The fraction of sp³-hybridized carbons (Fsp3) is 0.0952. The van der Waals surface area contributed by atoms with E-state index in [4.69, 9.17) is 5.73 Å². The number of fused-ring (bicyclic) bond motifs is 3. The smallest absolute Gasteiger partial charge is 0.366 e. The fourth-order valence-electron chi connectivity index (χ4n) is 3.53. The van der Waals surface area contributed by atoms with Crippen LogP contribution >= 0.6 is 0 Å². The molecule has 7 heteroatoms. The van der Waals surface area contributed by atoms with E-state index >= 15 is 0 Å². The third kappa shape index (κ3) is 2.79. The average molecular weight is 385 g/mol. The number of nitrogens with zero attached hydrogens (tertiary/aromatic N) is 1. The predicted molar refractivity (Wildman–Crippen MR) is 97.3 cm³/mol. The van der Waals surface area contributed by atoms with E-state index in [0.717, 1.165) is 18.2 Å². The molecule has 3 nitrogen and oxygen atoms in total. The van der Waals surface area contributed by atoms with E-state index in [-0.39, 0.29) is 12.1 Å². The van der Waals surface area contributed by atoms with Gasteiger partial charge in [-0.3, -0.25) is 4.79 Å². The van der Waals surface area contributed by atoms with Gasteiger partial charge >= 0.3 is 6.18 Å². The molecule has 1 heterocycles. The van der Waals surface area contributed by atoms with Gasteiger partial charge in [-0.15, -0.1) is 0 Å². The minimum Gasteiger partial charge on any atom is -0.366 e. The van der Waals surface area contributed by atoms with E-state index in [0.29, 0.717) is 21.8 Å². The summed E-state index contributed by atoms with van der Waals surface area (Å²) in [6.45, 7) is -0.360. The number of aromatic nitrogens is 1. The number of nitrogens with two attached hydrogens (primary N) is 1. The lowest BCUT2D eigenvalue weighted by Gasteiger charge is -2.15. The summed E-state index contributed by atoms with van der Waals surface area (Å²) < 4.78 is 56.2. The normalized spacial score (nSPS) is 12.0. The van der Waals surface area contributed by atoms with Crippen molar-refractivity contribution >= 4 is 27.7 Å². The maximum Gasteiger partial charge on any atom is 0.416 e. The number of hydrogen-bond acceptors (Lipinski definition) is 1. The molecule has 0 atom stereocenters. The van der Waals surface area contributed by atoms with Gasteiger partial charge in [-0.1, -0.05) is 24.3 Å². The minimum atomic E-state index is -4.69. The first kappa shape index (κ1) is 18.0. The second-order valence-electron chi connectivity index (χ2n) is 6.34. The standard InChI is InChI=1S/C21H13F4N2O/c22-16-8-4-7-15(21(23,24)25)14(16)11-27-17-9-2-1-5-12(17)19-13(20(26)28)6-3-10-18(19)27/h1-4,6-10H,11H2,(H2,26,28). The summed E-state index contributed by atoms with van der Waals surface area (Å²) in [4.78, 5) is 11.9. The molecule has 28 heavy (non-hydrogen) atoms. The van der Waals surface area contributed by atoms with Crippen LogP contribution < -0.4 is 5.73 Å². The van der Waals surface area contributed by atoms with Gasteiger partial charge in [0, 0.05) is 21.9 Å². The lowest BCUT2D eigenvalue weighted by Crippen LogP contribution is -2.14. The highest BCUT2D eigenvalue weighted by molar-refractivity contribution is 6.17. The Labute approximate surface area is 157 Å². The van der Waals surface area contributed by atoms with Crippen LogP contribution in [0.3, 0.4) is 0 Å². The zero-order chi connectivity index (χ0) is 20.1. The second-order valence-corrected chi connectivity index (χ2v) is 6.34. The Morgan fingerprint density at radius 1 is 1.04 bits per heavy atom. The first-order valence-corrected chi connectivity index (χ1v) is 8.35. The first-order valence-electron chi connectivity index (χ1n) is 8.35. The van der Waals surface area contributed by atoms with E-state index in [1.54, 1.807) is 41.0 Å². The van der Waals surface area contributed by atoms with Gasteiger partial charge in [0.05, 0.1) is 23.1 Å². The molecule has 1 amide bonds. The molecule has 0 saturated heterocycles. The number of hydrogen-bond donors (Lipinski definition) is 1. The largest absolute Gasteiger partial charge is 0.416 e. The van der Waals surface area contributed by atoms with Gasteiger partial charge in [-0.05, 0) is 36.4 Å². The number of carbonyl (C=O) groups is 1. The summed E-state index contributed by atoms with van der Waals surface area (Å²) in [7, 11) is 0. The highest BCUT2D eigenvalue weighted by Crippen LogP contribution is 2.36. The van der Waals surface area contributed by atoms with Crippen LogP contribution in [0.1, 0.15) is 21.5 Å². The van der Waals surface area contributed by atoms with Crippen LogP contribution in [0.2, 0.25) is 0 Å². The lowest BCUT2D eigenvalue weighted by atomic mass is 10.1. The molecule has 4 aromatic rings. The highest BCUT2D eigenvalue weighted by Gasteiger charge is 2.34. The van der Waals surface area contributed by atoms with Gasteiger partial charge in [0.25, 0.3) is 0 Å². The number of halogens is 4. The van der Waals surface area contributed by atoms with Gasteiger partial charge in [0.15, 0.2) is 0 Å². The molecule has 3 aromatic carbocycles. The third-order valence-corrected chi connectivity index (χ3v) is 4.71. The van der Waals surface area contributed by atoms with Crippen molar-refractivity contribution in [2.75, 3.05) is 0 Å². The van der Waals surface area contributed by atoms with Crippen LogP contribution in [0.5, 0.6) is 0 Å². The fourth-order valence-corrected chi connectivity index (χ4v) is 3.53. The molecule has 0 saturated carbocycles. The molecular weight excluding hydrogens is 372 g/mol. The number of primary amides is 1. The average Bonchev–Trinajstić information content (AvgIpc) is 2.96. The van der Waals surface area contributed by atoms with Crippen molar-refractivity contribution < 1.29 is 22.4 Å². The lowest BCUT2D eigenvalue weighted by molar-refractivity contribution is -0.138. The monoisotopic (exact) mass is 385 g/mol. The van der Waals surface area contributed by atoms with Crippen LogP contribution in [0.25, 0.3) is 21.8 Å². The Bertz CT molecular complexity index is 1220. The van der Waals surface area contributed by atoms with Crippen LogP contribution in [0, 0.1) is 11.9 Å².